The Bertz CT molecular complexity index is 2400. The first-order valence-corrected chi connectivity index (χ1v) is 29.5. The van der Waals surface area contributed by atoms with E-state index in [-0.39, 0.29) is 5.56 Å². The lowest BCUT2D eigenvalue weighted by Crippen LogP contribution is -2.72. The molecule has 17 N–H and O–H groups in total. The van der Waals surface area contributed by atoms with E-state index in [1.807, 2.05) is 0 Å². The Labute approximate surface area is 507 Å². The molecule has 5 aliphatic rings. The molecule has 0 aliphatic carbocycles. The highest BCUT2D eigenvalue weighted by Crippen LogP contribution is 2.36. The fourth-order valence-electron chi connectivity index (χ4n) is 11.1. The van der Waals surface area contributed by atoms with Gasteiger partial charge < -0.3 is 135 Å². The maximum absolute atomic E-state index is 13.9. The molecule has 5 fully saturated rings. The number of amides is 5. The van der Waals surface area contributed by atoms with Gasteiger partial charge in [0, 0.05) is 33.3 Å². The zero-order chi connectivity index (χ0) is 64.5. The number of hydrogen-bond donors (Lipinski definition) is 17. The lowest BCUT2D eigenvalue weighted by atomic mass is 9.93. The molecule has 0 saturated carbocycles. The van der Waals surface area contributed by atoms with Gasteiger partial charge in [0.25, 0.3) is 5.91 Å². The van der Waals surface area contributed by atoms with E-state index < -0.39 is 216 Å². The number of rotatable bonds is 29. The Kier molecular flexibility index (Phi) is 28.5. The van der Waals surface area contributed by atoms with E-state index >= 15 is 0 Å². The van der Waals surface area contributed by atoms with Crippen molar-refractivity contribution in [2.45, 2.75) is 233 Å². The highest BCUT2D eigenvalue weighted by molar-refractivity contribution is 5.94. The average molecular weight is 1260 g/mol. The summed E-state index contributed by atoms with van der Waals surface area (Å²) in [5.74, 6) is -3.54. The van der Waals surface area contributed by atoms with Gasteiger partial charge in [-0.25, -0.2) is 0 Å². The second-order valence-electron chi connectivity index (χ2n) is 22.2. The molecule has 1 aromatic rings. The number of hydrogen-bond acceptors (Lipinski definition) is 27. The zero-order valence-corrected chi connectivity index (χ0v) is 49.6. The first-order valence-electron chi connectivity index (χ1n) is 29.5. The van der Waals surface area contributed by atoms with Crippen LogP contribution in [0.4, 0.5) is 0 Å². The number of allylic oxidation sites excluding steroid dienone is 2. The largest absolute Gasteiger partial charge is 0.494 e. The van der Waals surface area contributed by atoms with Gasteiger partial charge in [-0.1, -0.05) is 44.4 Å². The van der Waals surface area contributed by atoms with Gasteiger partial charge in [-0.15, -0.1) is 0 Å². The summed E-state index contributed by atoms with van der Waals surface area (Å²) in [6.07, 6.45) is -24.4. The fraction of sp³-hybridized carbons (Fsp3) is 0.768. The third-order valence-corrected chi connectivity index (χ3v) is 15.5. The van der Waals surface area contributed by atoms with E-state index in [1.165, 1.54) is 25.0 Å². The van der Waals surface area contributed by atoms with E-state index in [1.54, 1.807) is 12.1 Å². The number of carbonyl (C=O) groups excluding carboxylic acids is 5. The Balaban J connectivity index is 1.18. The van der Waals surface area contributed by atoms with Crippen LogP contribution in [0.5, 0.6) is 5.75 Å². The van der Waals surface area contributed by atoms with Crippen LogP contribution in [-0.4, -0.2) is 284 Å². The van der Waals surface area contributed by atoms with Crippen molar-refractivity contribution < 1.29 is 133 Å². The van der Waals surface area contributed by atoms with Crippen LogP contribution in [0, 0.1) is 0 Å². The smallest absolute Gasteiger partial charge is 0.251 e. The summed E-state index contributed by atoms with van der Waals surface area (Å²) >= 11 is 0. The molecule has 32 heteroatoms. The van der Waals surface area contributed by atoms with Crippen LogP contribution in [0.15, 0.2) is 36.4 Å². The summed E-state index contributed by atoms with van der Waals surface area (Å²) in [6, 6.07) is -2.18. The number of benzene rings is 1. The molecule has 0 radical (unpaired) electrons. The van der Waals surface area contributed by atoms with Crippen molar-refractivity contribution in [3.8, 4) is 5.75 Å². The number of nitrogens with one attached hydrogen (secondary N) is 5. The molecule has 0 aromatic heterocycles. The number of ether oxygens (including phenoxy) is 10. The Morgan fingerprint density at radius 2 is 0.830 bits per heavy atom. The van der Waals surface area contributed by atoms with Gasteiger partial charge in [0.2, 0.25) is 23.6 Å². The normalized spacial score (nSPS) is 37.8. The van der Waals surface area contributed by atoms with Crippen LogP contribution in [0.3, 0.4) is 0 Å². The summed E-state index contributed by atoms with van der Waals surface area (Å²) in [5.41, 5.74) is 0.0576. The molecule has 6 rings (SSSR count). The summed E-state index contributed by atoms with van der Waals surface area (Å²) in [7, 11) is 0. The quantitative estimate of drug-likeness (QED) is 0.0262. The van der Waals surface area contributed by atoms with Gasteiger partial charge in [-0.3, -0.25) is 24.0 Å². The van der Waals surface area contributed by atoms with Gasteiger partial charge >= 0.3 is 0 Å². The molecule has 5 heterocycles. The molecular formula is C56H89N5O27. The lowest BCUT2D eigenvalue weighted by molar-refractivity contribution is -0.367. The minimum Gasteiger partial charge on any atom is -0.494 e. The first kappa shape index (κ1) is 72.3. The fourth-order valence-corrected chi connectivity index (χ4v) is 11.1. The van der Waals surface area contributed by atoms with Gasteiger partial charge in [0.1, 0.15) is 128 Å². The zero-order valence-electron chi connectivity index (χ0n) is 49.6. The summed E-state index contributed by atoms with van der Waals surface area (Å²) in [5, 5.41) is 145. The number of unbranched alkanes of at least 4 members (excludes halogenated alkanes) is 5. The van der Waals surface area contributed by atoms with Crippen molar-refractivity contribution >= 4 is 29.5 Å². The SMILES string of the molecule is CCCCCC/C=C\CCCOc1cccc(C(=O)N[C@@H]2C(O[C@H]3C(O)C(NC(C)=O)C(O[C@@H]4C(CO)O[C@@H](O[C@H]5C(O)C(NC(C)=O)C(OC6C(CO)OC(O)[C@@H](NC(C)=O)[C@H]6O)O[C@H]5CO)[C@@H](NC(C)=O)C4O)O[C@H]3CO)OC(CO)[C@@H](O)[C@@H]2O)c1. The highest BCUT2D eigenvalue weighted by atomic mass is 16.8. The van der Waals surface area contributed by atoms with Crippen molar-refractivity contribution in [2.24, 2.45) is 0 Å². The molecule has 88 heavy (non-hydrogen) atoms. The van der Waals surface area contributed by atoms with E-state index in [0.717, 1.165) is 53.4 Å². The second kappa shape index (κ2) is 34.6. The van der Waals surface area contributed by atoms with Crippen molar-refractivity contribution in [1.82, 2.24) is 26.6 Å². The lowest BCUT2D eigenvalue weighted by Gasteiger charge is -2.51. The molecule has 0 bridgehead atoms. The minimum atomic E-state index is -2.03. The molecule has 25 atom stereocenters. The summed E-state index contributed by atoms with van der Waals surface area (Å²) < 4.78 is 59.8. The predicted molar refractivity (Wildman–Crippen MR) is 297 cm³/mol. The van der Waals surface area contributed by atoms with Crippen LogP contribution < -0.4 is 31.3 Å². The maximum Gasteiger partial charge on any atom is 0.251 e. The Hall–Kier alpha value is -4.73. The van der Waals surface area contributed by atoms with E-state index in [2.05, 4.69) is 45.7 Å². The van der Waals surface area contributed by atoms with Gasteiger partial charge in [-0.05, 0) is 43.9 Å². The van der Waals surface area contributed by atoms with Crippen LogP contribution in [-0.2, 0) is 61.8 Å². The monoisotopic (exact) mass is 1260 g/mol. The minimum absolute atomic E-state index is 0.0576. The molecule has 32 nitrogen and oxygen atoms in total. The molecule has 1 aromatic carbocycles. The van der Waals surface area contributed by atoms with Crippen LogP contribution >= 0.6 is 0 Å². The third kappa shape index (κ3) is 18.7. The van der Waals surface area contributed by atoms with E-state index in [4.69, 9.17) is 47.4 Å². The van der Waals surface area contributed by atoms with Gasteiger partial charge in [0.05, 0.1) is 39.6 Å². The van der Waals surface area contributed by atoms with Gasteiger partial charge in [0.15, 0.2) is 31.5 Å². The van der Waals surface area contributed by atoms with Crippen molar-refractivity contribution in [3.63, 3.8) is 0 Å². The van der Waals surface area contributed by atoms with Crippen LogP contribution in [0.1, 0.15) is 89.9 Å². The standard InChI is InChI=1S/C56H89N5O27/c1-6-7-8-9-10-11-12-13-14-18-79-30-17-15-16-29(19-30)51(77)61-37-42(72)41(71)31(20-62)81-53(37)86-48-33(22-64)83-55(39(44(48)74)59-27(4)69)88-50-35(24-66)84-56(40(46(50)76)60-28(5)70)87-49-34(23-65)82-54(38(45(49)75)58-26(3)68)85-47-32(21-63)80-52(78)36(43(47)73)57-25(2)67/h11-12,15-17,19,31-50,52-56,62-66,71-76,78H,6-10,13-14,18,20-24H2,1-5H3,(H,57,67)(H,58,68)(H,59,69)(H,60,70)(H,61,77)/b12-11-/t31?,32?,33-,34-,35?,36-,37-,38?,39?,40-,41+,42+,43+,44?,45?,46?,47?,48+,49+,50+,52?,53?,54?,55?,56-/m0/s1. The van der Waals surface area contributed by atoms with E-state index in [0.29, 0.717) is 18.8 Å². The average Bonchev–Trinajstić information content (AvgIpc) is 1.44. The van der Waals surface area contributed by atoms with Crippen molar-refractivity contribution in [3.05, 3.63) is 42.0 Å². The van der Waals surface area contributed by atoms with Gasteiger partial charge in [-0.2, -0.15) is 0 Å². The highest BCUT2D eigenvalue weighted by Gasteiger charge is 2.58. The van der Waals surface area contributed by atoms with Crippen LogP contribution in [0.2, 0.25) is 0 Å². The predicted octanol–water partition coefficient (Wildman–Crippen LogP) is -6.23. The topological polar surface area (TPSA) is 481 Å². The molecular weight excluding hydrogens is 1170 g/mol. The maximum atomic E-state index is 13.9. The Morgan fingerprint density at radius 1 is 0.455 bits per heavy atom. The molecule has 5 saturated heterocycles. The Morgan fingerprint density at radius 3 is 1.24 bits per heavy atom. The number of carbonyl (C=O) groups is 5. The van der Waals surface area contributed by atoms with E-state index in [9.17, 15) is 85.3 Å². The van der Waals surface area contributed by atoms with Crippen LogP contribution in [0.25, 0.3) is 0 Å². The first-order chi connectivity index (χ1) is 42.0. The second-order valence-corrected chi connectivity index (χ2v) is 22.2. The number of aliphatic hydroxyl groups is 12. The number of aliphatic hydroxyl groups excluding tert-OH is 12. The van der Waals surface area contributed by atoms with Crippen molar-refractivity contribution in [1.29, 1.82) is 0 Å². The third-order valence-electron chi connectivity index (χ3n) is 15.5. The van der Waals surface area contributed by atoms with Crippen molar-refractivity contribution in [2.75, 3.05) is 39.6 Å². The molecule has 5 aliphatic heterocycles. The molecule has 5 amide bonds. The molecule has 0 spiro atoms. The summed E-state index contributed by atoms with van der Waals surface area (Å²) in [6.45, 7) is 2.01. The summed E-state index contributed by atoms with van der Waals surface area (Å²) in [4.78, 5) is 64.1. The molecule has 500 valence electrons. The molecule has 13 unspecified atom stereocenters.